The van der Waals surface area contributed by atoms with Gasteiger partial charge in [-0.2, -0.15) is 5.10 Å². The highest BCUT2D eigenvalue weighted by molar-refractivity contribution is 6.30. The van der Waals surface area contributed by atoms with Crippen LogP contribution in [0.15, 0.2) is 30.5 Å². The summed E-state index contributed by atoms with van der Waals surface area (Å²) in [4.78, 5) is 0. The Kier molecular flexibility index (Phi) is 4.56. The summed E-state index contributed by atoms with van der Waals surface area (Å²) in [6, 6.07) is 6.69. The molecule has 102 valence electrons. The number of aryl methyl sites for hydroxylation is 1. The topological polar surface area (TPSA) is 29.9 Å². The number of halogens is 2. The second-order valence-electron chi connectivity index (χ2n) is 4.34. The Bertz CT molecular complexity index is 553. The van der Waals surface area contributed by atoms with Crippen molar-refractivity contribution in [2.24, 2.45) is 0 Å². The molecule has 0 radical (unpaired) electrons. The van der Waals surface area contributed by atoms with Gasteiger partial charge in [0.25, 0.3) is 0 Å². The van der Waals surface area contributed by atoms with Crippen molar-refractivity contribution in [1.82, 2.24) is 15.1 Å². The van der Waals surface area contributed by atoms with Crippen LogP contribution in [0.25, 0.3) is 0 Å². The average molecular weight is 282 g/mol. The predicted molar refractivity (Wildman–Crippen MR) is 74.8 cm³/mol. The number of rotatable bonds is 5. The predicted octanol–water partition coefficient (Wildman–Crippen LogP) is 3.39. The van der Waals surface area contributed by atoms with Gasteiger partial charge in [-0.15, -0.1) is 0 Å². The highest BCUT2D eigenvalue weighted by Crippen LogP contribution is 2.27. The van der Waals surface area contributed by atoms with E-state index in [2.05, 4.69) is 17.3 Å². The van der Waals surface area contributed by atoms with Gasteiger partial charge in [-0.1, -0.05) is 30.7 Å². The number of nitrogens with one attached hydrogen (secondary N) is 1. The van der Waals surface area contributed by atoms with Crippen LogP contribution >= 0.6 is 11.6 Å². The molecule has 19 heavy (non-hydrogen) atoms. The summed E-state index contributed by atoms with van der Waals surface area (Å²) in [7, 11) is 1.80. The van der Waals surface area contributed by atoms with Crippen LogP contribution in [0.2, 0.25) is 5.02 Å². The zero-order valence-corrected chi connectivity index (χ0v) is 11.8. The van der Waals surface area contributed by atoms with E-state index in [4.69, 9.17) is 11.6 Å². The number of aromatic nitrogens is 2. The number of nitrogens with zero attached hydrogens (tertiary/aromatic N) is 2. The minimum Gasteiger partial charge on any atom is -0.308 e. The van der Waals surface area contributed by atoms with Crippen LogP contribution in [-0.4, -0.2) is 16.8 Å². The molecule has 0 aliphatic rings. The van der Waals surface area contributed by atoms with Crippen LogP contribution in [0.5, 0.6) is 0 Å². The first-order valence-electron chi connectivity index (χ1n) is 6.32. The van der Waals surface area contributed by atoms with Gasteiger partial charge < -0.3 is 5.32 Å². The molecule has 1 atom stereocenters. The molecule has 0 aliphatic heterocycles. The van der Waals surface area contributed by atoms with Crippen LogP contribution in [0.1, 0.15) is 30.6 Å². The summed E-state index contributed by atoms with van der Waals surface area (Å²) >= 11 is 5.85. The van der Waals surface area contributed by atoms with E-state index < -0.39 is 0 Å². The Morgan fingerprint density at radius 1 is 1.42 bits per heavy atom. The fraction of sp³-hybridized carbons (Fsp3) is 0.357. The Morgan fingerprint density at radius 2 is 2.21 bits per heavy atom. The lowest BCUT2D eigenvalue weighted by Crippen LogP contribution is -2.22. The van der Waals surface area contributed by atoms with Gasteiger partial charge in [0, 0.05) is 18.3 Å². The number of hydrogen-bond donors (Lipinski definition) is 1. The van der Waals surface area contributed by atoms with Crippen LogP contribution in [-0.2, 0) is 6.54 Å². The SMILES string of the molecule is CCCn1nccc1C(NC)c1cccc(Cl)c1F. The normalized spacial score (nSPS) is 12.6. The van der Waals surface area contributed by atoms with Crippen molar-refractivity contribution in [3.63, 3.8) is 0 Å². The van der Waals surface area contributed by atoms with Gasteiger partial charge in [0.2, 0.25) is 0 Å². The average Bonchev–Trinajstić information content (AvgIpc) is 2.84. The molecule has 0 aliphatic carbocycles. The van der Waals surface area contributed by atoms with Crippen LogP contribution in [0, 0.1) is 5.82 Å². The molecular formula is C14H17ClFN3. The van der Waals surface area contributed by atoms with Crippen molar-refractivity contribution >= 4 is 11.6 Å². The first kappa shape index (κ1) is 14.0. The standard InChI is InChI=1S/C14H17ClFN3/c1-3-9-19-12(7-8-18-19)14(17-2)10-5-4-6-11(15)13(10)16/h4-8,14,17H,3,9H2,1-2H3. The maximum absolute atomic E-state index is 14.1. The van der Waals surface area contributed by atoms with Gasteiger partial charge in [-0.25, -0.2) is 4.39 Å². The van der Waals surface area contributed by atoms with E-state index in [1.54, 1.807) is 31.4 Å². The van der Waals surface area contributed by atoms with Crippen LogP contribution < -0.4 is 5.32 Å². The van der Waals surface area contributed by atoms with E-state index in [1.807, 2.05) is 10.7 Å². The molecule has 1 aromatic heterocycles. The van der Waals surface area contributed by atoms with Crippen molar-refractivity contribution in [3.8, 4) is 0 Å². The highest BCUT2D eigenvalue weighted by Gasteiger charge is 2.20. The van der Waals surface area contributed by atoms with Crippen molar-refractivity contribution in [1.29, 1.82) is 0 Å². The largest absolute Gasteiger partial charge is 0.308 e. The molecule has 0 bridgehead atoms. The summed E-state index contributed by atoms with van der Waals surface area (Å²) in [5.41, 5.74) is 1.47. The third-order valence-corrected chi connectivity index (χ3v) is 3.35. The first-order chi connectivity index (χ1) is 9.19. The highest BCUT2D eigenvalue weighted by atomic mass is 35.5. The van der Waals surface area contributed by atoms with Gasteiger partial charge in [-0.3, -0.25) is 4.68 Å². The van der Waals surface area contributed by atoms with E-state index in [1.165, 1.54) is 0 Å². The third kappa shape index (κ3) is 2.80. The number of hydrogen-bond acceptors (Lipinski definition) is 2. The lowest BCUT2D eigenvalue weighted by molar-refractivity contribution is 0.516. The second-order valence-corrected chi connectivity index (χ2v) is 4.75. The maximum Gasteiger partial charge on any atom is 0.146 e. The van der Waals surface area contributed by atoms with Crippen molar-refractivity contribution in [3.05, 3.63) is 52.6 Å². The molecule has 1 N–H and O–H groups in total. The minimum absolute atomic E-state index is 0.138. The fourth-order valence-electron chi connectivity index (χ4n) is 2.19. The molecule has 1 aromatic carbocycles. The zero-order chi connectivity index (χ0) is 13.8. The lowest BCUT2D eigenvalue weighted by atomic mass is 10.0. The van der Waals surface area contributed by atoms with E-state index in [0.29, 0.717) is 5.56 Å². The van der Waals surface area contributed by atoms with Gasteiger partial charge in [-0.05, 0) is 25.6 Å². The molecule has 0 fully saturated rings. The van der Waals surface area contributed by atoms with Gasteiger partial charge in [0.15, 0.2) is 0 Å². The van der Waals surface area contributed by atoms with E-state index >= 15 is 0 Å². The van der Waals surface area contributed by atoms with Crippen molar-refractivity contribution in [2.75, 3.05) is 7.05 Å². The maximum atomic E-state index is 14.1. The summed E-state index contributed by atoms with van der Waals surface area (Å²) in [5, 5.41) is 7.54. The molecule has 3 nitrogen and oxygen atoms in total. The molecule has 2 rings (SSSR count). The monoisotopic (exact) mass is 281 g/mol. The molecule has 5 heteroatoms. The molecule has 0 amide bonds. The quantitative estimate of drug-likeness (QED) is 0.910. The zero-order valence-electron chi connectivity index (χ0n) is 11.0. The van der Waals surface area contributed by atoms with Crippen molar-refractivity contribution < 1.29 is 4.39 Å². The molecule has 0 saturated heterocycles. The van der Waals surface area contributed by atoms with Gasteiger partial charge in [0.1, 0.15) is 5.82 Å². The van der Waals surface area contributed by atoms with E-state index in [9.17, 15) is 4.39 Å². The molecule has 0 spiro atoms. The smallest absolute Gasteiger partial charge is 0.146 e. The van der Waals surface area contributed by atoms with Crippen molar-refractivity contribution in [2.45, 2.75) is 25.9 Å². The Morgan fingerprint density at radius 3 is 2.89 bits per heavy atom. The third-order valence-electron chi connectivity index (χ3n) is 3.06. The molecule has 1 heterocycles. The fourth-order valence-corrected chi connectivity index (χ4v) is 2.37. The first-order valence-corrected chi connectivity index (χ1v) is 6.69. The summed E-state index contributed by atoms with van der Waals surface area (Å²) in [6.07, 6.45) is 2.71. The second kappa shape index (κ2) is 6.17. The number of benzene rings is 1. The summed E-state index contributed by atoms with van der Waals surface area (Å²) in [6.45, 7) is 2.89. The van der Waals surface area contributed by atoms with Gasteiger partial charge in [0.05, 0.1) is 16.8 Å². The molecule has 1 unspecified atom stereocenters. The lowest BCUT2D eigenvalue weighted by Gasteiger charge is -2.19. The summed E-state index contributed by atoms with van der Waals surface area (Å²) in [5.74, 6) is -0.382. The molecular weight excluding hydrogens is 265 g/mol. The van der Waals surface area contributed by atoms with E-state index in [-0.39, 0.29) is 16.9 Å². The Balaban J connectivity index is 2.44. The minimum atomic E-state index is -0.382. The van der Waals surface area contributed by atoms with Gasteiger partial charge >= 0.3 is 0 Å². The van der Waals surface area contributed by atoms with Crippen LogP contribution in [0.4, 0.5) is 4.39 Å². The molecule has 2 aromatic rings. The summed E-state index contributed by atoms with van der Waals surface area (Å²) < 4.78 is 16.0. The Labute approximate surface area is 117 Å². The van der Waals surface area contributed by atoms with E-state index in [0.717, 1.165) is 18.7 Å². The Hall–Kier alpha value is -1.39. The molecule has 0 saturated carbocycles. The van der Waals surface area contributed by atoms with Crippen LogP contribution in [0.3, 0.4) is 0 Å².